The van der Waals surface area contributed by atoms with E-state index in [2.05, 4.69) is 10.1 Å². The van der Waals surface area contributed by atoms with Crippen LogP contribution in [0.15, 0.2) is 24.3 Å². The summed E-state index contributed by atoms with van der Waals surface area (Å²) in [5.41, 5.74) is 0.00242. The quantitative estimate of drug-likeness (QED) is 0.868. The number of methoxy groups -OCH3 is 1. The van der Waals surface area contributed by atoms with Gasteiger partial charge >= 0.3 is 12.1 Å². The monoisotopic (exact) mass is 287 g/mol. The largest absolute Gasteiger partial charge is 0.468 e. The maximum atomic E-state index is 12.6. The fourth-order valence-corrected chi connectivity index (χ4v) is 2.49. The summed E-state index contributed by atoms with van der Waals surface area (Å²) in [7, 11) is 1.32. The van der Waals surface area contributed by atoms with Crippen LogP contribution in [0.1, 0.15) is 17.5 Å². The van der Waals surface area contributed by atoms with Crippen LogP contribution in [0.3, 0.4) is 0 Å². The predicted octanol–water partition coefficient (Wildman–Crippen LogP) is 2.40. The fourth-order valence-electron chi connectivity index (χ4n) is 2.49. The predicted molar refractivity (Wildman–Crippen MR) is 67.1 cm³/mol. The summed E-state index contributed by atoms with van der Waals surface area (Å²) in [5, 5.41) is 3.03. The highest BCUT2D eigenvalue weighted by molar-refractivity contribution is 5.76. The van der Waals surface area contributed by atoms with Gasteiger partial charge < -0.3 is 10.1 Å². The van der Waals surface area contributed by atoms with Crippen molar-refractivity contribution in [2.75, 3.05) is 13.7 Å². The highest BCUT2D eigenvalue weighted by Crippen LogP contribution is 2.30. The Morgan fingerprint density at radius 2 is 2.20 bits per heavy atom. The molecule has 20 heavy (non-hydrogen) atoms. The Balaban J connectivity index is 2.00. The Morgan fingerprint density at radius 3 is 2.85 bits per heavy atom. The Hall–Kier alpha value is -1.56. The molecule has 2 atom stereocenters. The summed E-state index contributed by atoms with van der Waals surface area (Å²) in [4.78, 5) is 11.4. The summed E-state index contributed by atoms with van der Waals surface area (Å²) >= 11 is 0. The molecule has 110 valence electrons. The van der Waals surface area contributed by atoms with E-state index in [4.69, 9.17) is 0 Å². The molecule has 1 aromatic carbocycles. The van der Waals surface area contributed by atoms with Crippen molar-refractivity contribution in [3.8, 4) is 0 Å². The normalized spacial score (nSPS) is 22.8. The zero-order valence-electron chi connectivity index (χ0n) is 11.0. The minimum atomic E-state index is -4.32. The minimum absolute atomic E-state index is 0.141. The van der Waals surface area contributed by atoms with Crippen molar-refractivity contribution in [2.45, 2.75) is 25.1 Å². The number of esters is 1. The van der Waals surface area contributed by atoms with E-state index in [0.717, 1.165) is 6.07 Å². The van der Waals surface area contributed by atoms with Gasteiger partial charge in [0, 0.05) is 0 Å². The molecular formula is C14H16F3NO2. The standard InChI is InChI=1S/C14H16F3NO2/c1-20-13(19)12-7-10(8-18-12)5-9-3-2-4-11(6-9)14(15,16)17/h2-4,6,10,12,18H,5,7-8H2,1H3. The topological polar surface area (TPSA) is 38.3 Å². The molecule has 1 saturated heterocycles. The van der Waals surface area contributed by atoms with Crippen LogP contribution in [0, 0.1) is 5.92 Å². The highest BCUT2D eigenvalue weighted by Gasteiger charge is 2.32. The van der Waals surface area contributed by atoms with Crippen LogP contribution in [0.4, 0.5) is 13.2 Å². The van der Waals surface area contributed by atoms with Gasteiger partial charge in [0.05, 0.1) is 12.7 Å². The van der Waals surface area contributed by atoms with Crippen LogP contribution in [0.5, 0.6) is 0 Å². The first-order valence-electron chi connectivity index (χ1n) is 6.37. The molecule has 6 heteroatoms. The van der Waals surface area contributed by atoms with Gasteiger partial charge in [-0.05, 0) is 36.9 Å². The number of benzene rings is 1. The number of halogens is 3. The van der Waals surface area contributed by atoms with Gasteiger partial charge in [-0.1, -0.05) is 18.2 Å². The molecule has 0 aromatic heterocycles. The number of rotatable bonds is 3. The molecule has 2 rings (SSSR count). The van der Waals surface area contributed by atoms with Crippen LogP contribution in [0.25, 0.3) is 0 Å². The molecule has 0 saturated carbocycles. The molecule has 0 aliphatic carbocycles. The second kappa shape index (κ2) is 5.83. The third kappa shape index (κ3) is 3.50. The van der Waals surface area contributed by atoms with Gasteiger partial charge in [-0.25, -0.2) is 0 Å². The Bertz CT molecular complexity index is 488. The lowest BCUT2D eigenvalue weighted by Gasteiger charge is -2.12. The summed E-state index contributed by atoms with van der Waals surface area (Å²) in [5.74, 6) is -0.181. The van der Waals surface area contributed by atoms with E-state index < -0.39 is 11.7 Å². The van der Waals surface area contributed by atoms with Gasteiger partial charge in [-0.2, -0.15) is 13.2 Å². The second-order valence-electron chi connectivity index (χ2n) is 4.99. The van der Waals surface area contributed by atoms with Gasteiger partial charge in [0.1, 0.15) is 6.04 Å². The molecule has 1 heterocycles. The number of ether oxygens (including phenoxy) is 1. The molecule has 0 bridgehead atoms. The zero-order chi connectivity index (χ0) is 14.8. The molecule has 1 aromatic rings. The van der Waals surface area contributed by atoms with Crippen LogP contribution >= 0.6 is 0 Å². The molecule has 3 nitrogen and oxygen atoms in total. The molecule has 0 radical (unpaired) electrons. The first-order valence-corrected chi connectivity index (χ1v) is 6.37. The van der Waals surface area contributed by atoms with E-state index >= 15 is 0 Å². The van der Waals surface area contributed by atoms with Gasteiger partial charge in [-0.15, -0.1) is 0 Å². The van der Waals surface area contributed by atoms with Crippen LogP contribution in [-0.4, -0.2) is 25.7 Å². The van der Waals surface area contributed by atoms with E-state index in [9.17, 15) is 18.0 Å². The molecule has 1 aliphatic rings. The van der Waals surface area contributed by atoms with E-state index in [0.29, 0.717) is 24.9 Å². The third-order valence-corrected chi connectivity index (χ3v) is 3.49. The van der Waals surface area contributed by atoms with Crippen molar-refractivity contribution in [3.05, 3.63) is 35.4 Å². The Morgan fingerprint density at radius 1 is 1.45 bits per heavy atom. The van der Waals surface area contributed by atoms with Crippen LogP contribution in [-0.2, 0) is 22.1 Å². The molecule has 1 fully saturated rings. The average Bonchev–Trinajstić information content (AvgIpc) is 2.85. The number of nitrogens with one attached hydrogen (secondary N) is 1. The number of hydrogen-bond donors (Lipinski definition) is 1. The highest BCUT2D eigenvalue weighted by atomic mass is 19.4. The smallest absolute Gasteiger partial charge is 0.416 e. The van der Waals surface area contributed by atoms with Crippen molar-refractivity contribution in [2.24, 2.45) is 5.92 Å². The summed E-state index contributed by atoms with van der Waals surface area (Å²) in [6, 6.07) is 4.98. The molecule has 1 aliphatic heterocycles. The summed E-state index contributed by atoms with van der Waals surface area (Å²) in [6.07, 6.45) is -3.22. The summed E-state index contributed by atoms with van der Waals surface area (Å²) in [6.45, 7) is 0.607. The minimum Gasteiger partial charge on any atom is -0.468 e. The first-order chi connectivity index (χ1) is 9.40. The van der Waals surface area contributed by atoms with E-state index in [-0.39, 0.29) is 17.9 Å². The zero-order valence-corrected chi connectivity index (χ0v) is 11.0. The van der Waals surface area contributed by atoms with Crippen molar-refractivity contribution in [1.29, 1.82) is 0 Å². The Labute approximate surface area is 115 Å². The number of alkyl halides is 3. The third-order valence-electron chi connectivity index (χ3n) is 3.49. The first kappa shape index (κ1) is 14.8. The molecular weight excluding hydrogens is 271 g/mol. The van der Waals surface area contributed by atoms with Gasteiger partial charge in [0.2, 0.25) is 0 Å². The van der Waals surface area contributed by atoms with E-state index in [1.807, 2.05) is 0 Å². The number of hydrogen-bond acceptors (Lipinski definition) is 3. The van der Waals surface area contributed by atoms with Crippen LogP contribution in [0.2, 0.25) is 0 Å². The van der Waals surface area contributed by atoms with Gasteiger partial charge in [-0.3, -0.25) is 4.79 Å². The van der Waals surface area contributed by atoms with Crippen molar-refractivity contribution in [1.82, 2.24) is 5.32 Å². The molecule has 0 spiro atoms. The van der Waals surface area contributed by atoms with Gasteiger partial charge in [0.15, 0.2) is 0 Å². The lowest BCUT2D eigenvalue weighted by atomic mass is 9.95. The average molecular weight is 287 g/mol. The fraction of sp³-hybridized carbons (Fsp3) is 0.500. The van der Waals surface area contributed by atoms with E-state index in [1.54, 1.807) is 6.07 Å². The van der Waals surface area contributed by atoms with E-state index in [1.165, 1.54) is 19.2 Å². The molecule has 0 amide bonds. The van der Waals surface area contributed by atoms with Crippen molar-refractivity contribution >= 4 is 5.97 Å². The van der Waals surface area contributed by atoms with Gasteiger partial charge in [0.25, 0.3) is 0 Å². The SMILES string of the molecule is COC(=O)C1CC(Cc2cccc(C(F)(F)F)c2)CN1. The van der Waals surface area contributed by atoms with Crippen molar-refractivity contribution in [3.63, 3.8) is 0 Å². The van der Waals surface area contributed by atoms with Crippen molar-refractivity contribution < 1.29 is 22.7 Å². The summed E-state index contributed by atoms with van der Waals surface area (Å²) < 4.78 is 42.5. The lowest BCUT2D eigenvalue weighted by molar-refractivity contribution is -0.142. The Kier molecular flexibility index (Phi) is 4.32. The number of carbonyl (C=O) groups is 1. The molecule has 2 unspecified atom stereocenters. The lowest BCUT2D eigenvalue weighted by Crippen LogP contribution is -2.31. The second-order valence-corrected chi connectivity index (χ2v) is 4.99. The van der Waals surface area contributed by atoms with Crippen LogP contribution < -0.4 is 5.32 Å². The maximum Gasteiger partial charge on any atom is 0.416 e. The number of carbonyl (C=O) groups excluding carboxylic acids is 1. The maximum absolute atomic E-state index is 12.6. The molecule has 1 N–H and O–H groups in total.